The van der Waals surface area contributed by atoms with E-state index in [1.165, 1.54) is 16.8 Å². The average molecular weight is 387 g/mol. The van der Waals surface area contributed by atoms with Crippen molar-refractivity contribution in [1.29, 1.82) is 0 Å². The molecule has 2 N–H and O–H groups in total. The molecule has 0 saturated carbocycles. The van der Waals surface area contributed by atoms with Gasteiger partial charge >= 0.3 is 0 Å². The first-order valence-electron chi connectivity index (χ1n) is 7.87. The monoisotopic (exact) mass is 386 g/mol. The summed E-state index contributed by atoms with van der Waals surface area (Å²) in [7, 11) is 0. The molecule has 0 fully saturated rings. The van der Waals surface area contributed by atoms with E-state index < -0.39 is 0 Å². The Labute approximate surface area is 151 Å². The Morgan fingerprint density at radius 2 is 1.87 bits per heavy atom. The lowest BCUT2D eigenvalue weighted by Gasteiger charge is -2.25. The summed E-state index contributed by atoms with van der Waals surface area (Å²) in [4.78, 5) is 0.868. The van der Waals surface area contributed by atoms with Gasteiger partial charge < -0.3 is 10.6 Å². The molecule has 0 aromatic heterocycles. The molecule has 0 radical (unpaired) electrons. The van der Waals surface area contributed by atoms with Crippen LogP contribution in [0.15, 0.2) is 64.3 Å². The number of hydrogen-bond donors (Lipinski definition) is 2. The fraction of sp³-hybridized carbons (Fsp3) is 0.211. The Kier molecular flexibility index (Phi) is 4.83. The van der Waals surface area contributed by atoms with E-state index in [9.17, 15) is 0 Å². The Hall–Kier alpha value is -1.65. The van der Waals surface area contributed by atoms with Gasteiger partial charge in [0.2, 0.25) is 0 Å². The number of allylic oxidation sites excluding steroid dienone is 5. The van der Waals surface area contributed by atoms with Gasteiger partial charge in [-0.2, -0.15) is 0 Å². The highest BCUT2D eigenvalue weighted by Gasteiger charge is 2.27. The second-order valence-electron chi connectivity index (χ2n) is 5.33. The zero-order valence-corrected chi connectivity index (χ0v) is 15.6. The second-order valence-corrected chi connectivity index (χ2v) is 6.74. The summed E-state index contributed by atoms with van der Waals surface area (Å²) in [5.74, 6) is 0.270. The van der Waals surface area contributed by atoms with Crippen molar-refractivity contribution in [2.24, 2.45) is 5.92 Å². The predicted octanol–water partition coefficient (Wildman–Crippen LogP) is 5.52. The van der Waals surface area contributed by atoms with Crippen LogP contribution in [0.25, 0.3) is 5.70 Å². The van der Waals surface area contributed by atoms with Gasteiger partial charge in [-0.1, -0.05) is 66.3 Å². The summed E-state index contributed by atoms with van der Waals surface area (Å²) in [5.41, 5.74) is 5.89. The van der Waals surface area contributed by atoms with Crippen molar-refractivity contribution >= 4 is 44.5 Å². The maximum absolute atomic E-state index is 5.51. The van der Waals surface area contributed by atoms with Crippen molar-refractivity contribution in [2.45, 2.75) is 20.3 Å². The average Bonchev–Trinajstić information content (AvgIpc) is 2.80. The van der Waals surface area contributed by atoms with Gasteiger partial charge in [-0.25, -0.2) is 0 Å². The fourth-order valence-corrected chi connectivity index (χ4v) is 3.68. The highest BCUT2D eigenvalue weighted by Crippen LogP contribution is 2.39. The Bertz CT molecular complexity index is 769. The molecule has 2 bridgehead atoms. The summed E-state index contributed by atoms with van der Waals surface area (Å²) >= 11 is 9.11. The summed E-state index contributed by atoms with van der Waals surface area (Å²) in [6.45, 7) is 4.00. The molecule has 1 aromatic carbocycles. The molecule has 23 heavy (non-hydrogen) atoms. The van der Waals surface area contributed by atoms with Crippen LogP contribution >= 0.6 is 28.1 Å². The highest BCUT2D eigenvalue weighted by molar-refractivity contribution is 9.11. The molecule has 4 rings (SSSR count). The number of para-hydroxylation sites is 1. The van der Waals surface area contributed by atoms with Crippen LogP contribution < -0.4 is 10.6 Å². The third kappa shape index (κ3) is 3.19. The Balaban J connectivity index is 0.000000753. The van der Waals surface area contributed by atoms with Crippen LogP contribution in [0.2, 0.25) is 0 Å². The molecule has 1 aliphatic carbocycles. The van der Waals surface area contributed by atoms with Gasteiger partial charge in [0.25, 0.3) is 0 Å². The fourth-order valence-electron chi connectivity index (χ4n) is 2.99. The van der Waals surface area contributed by atoms with E-state index in [1.807, 2.05) is 19.9 Å². The van der Waals surface area contributed by atoms with Crippen LogP contribution in [0.4, 0.5) is 5.69 Å². The molecule has 118 valence electrons. The molecule has 0 saturated heterocycles. The number of halogens is 1. The maximum Gasteiger partial charge on any atom is 0.0839 e. The Morgan fingerprint density at radius 3 is 2.70 bits per heavy atom. The number of thiocarbonyl (C=S) groups is 1. The van der Waals surface area contributed by atoms with Crippen molar-refractivity contribution in [3.63, 3.8) is 0 Å². The van der Waals surface area contributed by atoms with Crippen LogP contribution in [-0.2, 0) is 0 Å². The van der Waals surface area contributed by atoms with Crippen LogP contribution in [-0.4, -0.2) is 4.99 Å². The largest absolute Gasteiger partial charge is 0.355 e. The van der Waals surface area contributed by atoms with E-state index in [1.54, 1.807) is 0 Å². The molecular weight excluding hydrogens is 368 g/mol. The first-order chi connectivity index (χ1) is 11.2. The Morgan fingerprint density at radius 1 is 1.09 bits per heavy atom. The lowest BCUT2D eigenvalue weighted by atomic mass is 9.89. The van der Waals surface area contributed by atoms with Gasteiger partial charge in [0, 0.05) is 39.5 Å². The van der Waals surface area contributed by atoms with Gasteiger partial charge in [0.1, 0.15) is 0 Å². The number of nitrogens with one attached hydrogen (secondary N) is 2. The number of dihydropyridines is 1. The van der Waals surface area contributed by atoms with Crippen molar-refractivity contribution in [3.8, 4) is 0 Å². The van der Waals surface area contributed by atoms with Gasteiger partial charge in [-0.15, -0.1) is 0 Å². The van der Waals surface area contributed by atoms with E-state index in [4.69, 9.17) is 12.2 Å². The summed E-state index contributed by atoms with van der Waals surface area (Å²) in [5, 5.41) is 6.93. The third-order valence-corrected chi connectivity index (χ3v) is 4.71. The van der Waals surface area contributed by atoms with Gasteiger partial charge in [0.15, 0.2) is 0 Å². The number of hydrogen-bond acceptors (Lipinski definition) is 2. The molecule has 1 unspecified atom stereocenters. The second kappa shape index (κ2) is 6.85. The maximum atomic E-state index is 5.51. The van der Waals surface area contributed by atoms with Gasteiger partial charge in [0.05, 0.1) is 4.99 Å². The predicted molar refractivity (Wildman–Crippen MR) is 106 cm³/mol. The first kappa shape index (κ1) is 16.2. The number of rotatable bonds is 0. The lowest BCUT2D eigenvalue weighted by molar-refractivity contribution is 0.875. The van der Waals surface area contributed by atoms with E-state index >= 15 is 0 Å². The molecule has 0 spiro atoms. The molecule has 0 amide bonds. The minimum Gasteiger partial charge on any atom is -0.355 e. The molecule has 4 heteroatoms. The van der Waals surface area contributed by atoms with E-state index in [2.05, 4.69) is 69.1 Å². The number of anilines is 1. The van der Waals surface area contributed by atoms with Crippen molar-refractivity contribution in [3.05, 3.63) is 69.9 Å². The molecule has 2 nitrogen and oxygen atoms in total. The van der Waals surface area contributed by atoms with Crippen LogP contribution in [0.5, 0.6) is 0 Å². The molecule has 1 atom stereocenters. The molecule has 1 aromatic rings. The van der Waals surface area contributed by atoms with Crippen molar-refractivity contribution in [1.82, 2.24) is 5.32 Å². The quantitative estimate of drug-likeness (QED) is 0.574. The normalized spacial score (nSPS) is 21.2. The standard InChI is InChI=1S/C17H13BrN2S.C2H6/c18-11-5-6-12-8-10(7-11)14-9-16(21)20-15-4-2-1-3-13(15)17(14)19-12;1-2/h1-8,10,19H,9H2,(H,20,21);1-2H3. The summed E-state index contributed by atoms with van der Waals surface area (Å²) < 4.78 is 1.10. The lowest BCUT2D eigenvalue weighted by Crippen LogP contribution is -2.21. The smallest absolute Gasteiger partial charge is 0.0839 e. The van der Waals surface area contributed by atoms with Crippen molar-refractivity contribution in [2.75, 3.05) is 5.32 Å². The molecule has 2 heterocycles. The first-order valence-corrected chi connectivity index (χ1v) is 9.07. The van der Waals surface area contributed by atoms with E-state index in [0.29, 0.717) is 0 Å². The minimum atomic E-state index is 0.270. The minimum absolute atomic E-state index is 0.270. The number of benzene rings is 1. The summed E-state index contributed by atoms with van der Waals surface area (Å²) in [6.07, 6.45) is 9.44. The molecule has 3 aliphatic rings. The highest BCUT2D eigenvalue weighted by atomic mass is 79.9. The zero-order valence-electron chi connectivity index (χ0n) is 13.2. The van der Waals surface area contributed by atoms with Gasteiger partial charge in [-0.3, -0.25) is 0 Å². The number of fused-ring (bicyclic) bond motifs is 4. The third-order valence-electron chi connectivity index (χ3n) is 3.93. The van der Waals surface area contributed by atoms with Crippen molar-refractivity contribution < 1.29 is 0 Å². The van der Waals surface area contributed by atoms with Crippen LogP contribution in [0.3, 0.4) is 0 Å². The van der Waals surface area contributed by atoms with Crippen LogP contribution in [0.1, 0.15) is 25.8 Å². The topological polar surface area (TPSA) is 24.1 Å². The van der Waals surface area contributed by atoms with E-state index in [-0.39, 0.29) is 5.92 Å². The summed E-state index contributed by atoms with van der Waals surface area (Å²) in [6, 6.07) is 8.31. The van der Waals surface area contributed by atoms with Crippen LogP contribution in [0, 0.1) is 5.92 Å². The molecule has 2 aliphatic heterocycles. The zero-order chi connectivity index (χ0) is 16.4. The molecular formula is C19H19BrN2S. The SMILES string of the molecule is CC.S=C1CC2=C(NC3=CC2C=C(Br)C=C3)c2ccccc2N1. The van der Waals surface area contributed by atoms with Gasteiger partial charge in [-0.05, 0) is 29.9 Å². The van der Waals surface area contributed by atoms with E-state index in [0.717, 1.165) is 27.3 Å².